The number of nitrogens with zero attached hydrogens (tertiary/aromatic N) is 1. The molecule has 1 aromatic carbocycles. The quantitative estimate of drug-likeness (QED) is 0.596. The molecule has 1 aromatic rings. The van der Waals surface area contributed by atoms with Crippen molar-refractivity contribution in [3.8, 4) is 5.75 Å². The van der Waals surface area contributed by atoms with Crippen LogP contribution in [0.2, 0.25) is 0 Å². The molecule has 1 N–H and O–H groups in total. The van der Waals surface area contributed by atoms with Gasteiger partial charge in [0.15, 0.2) is 5.75 Å². The van der Waals surface area contributed by atoms with Crippen LogP contribution in [0, 0.1) is 10.1 Å². The lowest BCUT2D eigenvalue weighted by Gasteiger charge is -2.09. The minimum atomic E-state index is -0.414. The molecule has 0 aromatic heterocycles. The lowest BCUT2D eigenvalue weighted by molar-refractivity contribution is -0.384. The maximum absolute atomic E-state index is 11.0. The average molecular weight is 224 g/mol. The van der Waals surface area contributed by atoms with Crippen LogP contribution < -0.4 is 10.1 Å². The molecule has 0 aliphatic rings. The number of hydrogen-bond acceptors (Lipinski definition) is 4. The molecule has 0 bridgehead atoms. The second-order valence-corrected chi connectivity index (χ2v) is 3.27. The van der Waals surface area contributed by atoms with Gasteiger partial charge in [0.1, 0.15) is 5.69 Å². The number of nitro benzene ring substituents is 1. The minimum absolute atomic E-state index is 0.0119. The Balaban J connectivity index is 3.05. The Hall–Kier alpha value is -1.78. The highest BCUT2D eigenvalue weighted by molar-refractivity contribution is 5.68. The van der Waals surface area contributed by atoms with Gasteiger partial charge in [-0.2, -0.15) is 0 Å². The maximum atomic E-state index is 11.0. The summed E-state index contributed by atoms with van der Waals surface area (Å²) in [7, 11) is 0. The van der Waals surface area contributed by atoms with Gasteiger partial charge in [-0.05, 0) is 25.5 Å². The first kappa shape index (κ1) is 12.3. The zero-order chi connectivity index (χ0) is 12.0. The SMILES string of the molecule is CCCNc1cccc(OCC)c1[N+](=O)[O-]. The molecule has 88 valence electrons. The fraction of sp³-hybridized carbons (Fsp3) is 0.455. The van der Waals surface area contributed by atoms with Crippen molar-refractivity contribution in [3.05, 3.63) is 28.3 Å². The molecule has 0 aliphatic heterocycles. The van der Waals surface area contributed by atoms with Gasteiger partial charge in [0.25, 0.3) is 0 Å². The van der Waals surface area contributed by atoms with Crippen LogP contribution in [0.1, 0.15) is 20.3 Å². The van der Waals surface area contributed by atoms with Gasteiger partial charge in [-0.15, -0.1) is 0 Å². The number of nitro groups is 1. The summed E-state index contributed by atoms with van der Waals surface area (Å²) in [5.41, 5.74) is 0.524. The van der Waals surface area contributed by atoms with Crippen molar-refractivity contribution in [2.45, 2.75) is 20.3 Å². The van der Waals surface area contributed by atoms with Crippen molar-refractivity contribution in [3.63, 3.8) is 0 Å². The van der Waals surface area contributed by atoms with Crippen LogP contribution in [-0.4, -0.2) is 18.1 Å². The van der Waals surface area contributed by atoms with E-state index in [1.165, 1.54) is 0 Å². The van der Waals surface area contributed by atoms with Crippen molar-refractivity contribution in [2.24, 2.45) is 0 Å². The van der Waals surface area contributed by atoms with Crippen LogP contribution in [0.15, 0.2) is 18.2 Å². The molecule has 1 rings (SSSR count). The Bertz CT molecular complexity index is 366. The van der Waals surface area contributed by atoms with Crippen LogP contribution in [-0.2, 0) is 0 Å². The predicted molar refractivity (Wildman–Crippen MR) is 63.0 cm³/mol. The van der Waals surface area contributed by atoms with Gasteiger partial charge in [-0.25, -0.2) is 0 Å². The smallest absolute Gasteiger partial charge is 0.333 e. The van der Waals surface area contributed by atoms with E-state index in [0.717, 1.165) is 6.42 Å². The second-order valence-electron chi connectivity index (χ2n) is 3.27. The van der Waals surface area contributed by atoms with Crippen LogP contribution in [0.4, 0.5) is 11.4 Å². The van der Waals surface area contributed by atoms with Gasteiger partial charge in [0.05, 0.1) is 11.5 Å². The molecule has 0 spiro atoms. The Morgan fingerprint density at radius 3 is 2.75 bits per heavy atom. The van der Waals surface area contributed by atoms with Crippen molar-refractivity contribution in [2.75, 3.05) is 18.5 Å². The normalized spacial score (nSPS) is 9.88. The zero-order valence-electron chi connectivity index (χ0n) is 9.53. The number of anilines is 1. The molecule has 0 aliphatic carbocycles. The van der Waals surface area contributed by atoms with Crippen molar-refractivity contribution < 1.29 is 9.66 Å². The summed E-state index contributed by atoms with van der Waals surface area (Å²) in [6.07, 6.45) is 0.913. The summed E-state index contributed by atoms with van der Waals surface area (Å²) in [5.74, 6) is 0.314. The Kier molecular flexibility index (Phi) is 4.57. The van der Waals surface area contributed by atoms with E-state index in [2.05, 4.69) is 5.32 Å². The lowest BCUT2D eigenvalue weighted by atomic mass is 10.2. The maximum Gasteiger partial charge on any atom is 0.333 e. The summed E-state index contributed by atoms with van der Waals surface area (Å²) < 4.78 is 5.24. The molecule has 0 saturated heterocycles. The lowest BCUT2D eigenvalue weighted by Crippen LogP contribution is -2.05. The van der Waals surface area contributed by atoms with Crippen LogP contribution in [0.25, 0.3) is 0 Å². The Morgan fingerprint density at radius 1 is 1.44 bits per heavy atom. The molecule has 0 radical (unpaired) electrons. The number of para-hydroxylation sites is 1. The average Bonchev–Trinajstić information content (AvgIpc) is 2.26. The molecule has 0 saturated carbocycles. The first-order valence-electron chi connectivity index (χ1n) is 5.34. The third-order valence-corrected chi connectivity index (χ3v) is 2.05. The minimum Gasteiger partial charge on any atom is -0.487 e. The number of benzene rings is 1. The van der Waals surface area contributed by atoms with E-state index in [9.17, 15) is 10.1 Å². The molecule has 0 atom stereocenters. The van der Waals surface area contributed by atoms with E-state index in [-0.39, 0.29) is 5.69 Å². The number of hydrogen-bond donors (Lipinski definition) is 1. The zero-order valence-corrected chi connectivity index (χ0v) is 9.53. The fourth-order valence-corrected chi connectivity index (χ4v) is 1.38. The summed E-state index contributed by atoms with van der Waals surface area (Å²) >= 11 is 0. The summed E-state index contributed by atoms with van der Waals surface area (Å²) in [5, 5.41) is 14.0. The topological polar surface area (TPSA) is 64.4 Å². The van der Waals surface area contributed by atoms with Crippen LogP contribution in [0.3, 0.4) is 0 Å². The Labute approximate surface area is 94.6 Å². The van der Waals surface area contributed by atoms with E-state index in [0.29, 0.717) is 24.6 Å². The van der Waals surface area contributed by atoms with Gasteiger partial charge < -0.3 is 10.1 Å². The van der Waals surface area contributed by atoms with Crippen molar-refractivity contribution in [1.29, 1.82) is 0 Å². The highest BCUT2D eigenvalue weighted by Gasteiger charge is 2.20. The van der Waals surface area contributed by atoms with Gasteiger partial charge in [0.2, 0.25) is 0 Å². The van der Waals surface area contributed by atoms with E-state index in [1.54, 1.807) is 25.1 Å². The van der Waals surface area contributed by atoms with Crippen molar-refractivity contribution in [1.82, 2.24) is 0 Å². The second kappa shape index (κ2) is 5.95. The largest absolute Gasteiger partial charge is 0.487 e. The monoisotopic (exact) mass is 224 g/mol. The Morgan fingerprint density at radius 2 is 2.19 bits per heavy atom. The van der Waals surface area contributed by atoms with Crippen LogP contribution >= 0.6 is 0 Å². The summed E-state index contributed by atoms with van der Waals surface area (Å²) in [6.45, 7) is 4.93. The van der Waals surface area contributed by atoms with E-state index < -0.39 is 4.92 Å². The third kappa shape index (κ3) is 2.85. The standard InChI is InChI=1S/C11H16N2O3/c1-3-8-12-9-6-5-7-10(16-4-2)11(9)13(14)15/h5-7,12H,3-4,8H2,1-2H3. The molecule has 5 heteroatoms. The summed E-state index contributed by atoms with van der Waals surface area (Å²) in [6, 6.07) is 5.05. The predicted octanol–water partition coefficient (Wildman–Crippen LogP) is 2.82. The molecular weight excluding hydrogens is 208 g/mol. The highest BCUT2D eigenvalue weighted by Crippen LogP contribution is 2.34. The molecular formula is C11H16N2O3. The van der Waals surface area contributed by atoms with Gasteiger partial charge in [-0.1, -0.05) is 13.0 Å². The fourth-order valence-electron chi connectivity index (χ4n) is 1.38. The highest BCUT2D eigenvalue weighted by atomic mass is 16.6. The summed E-state index contributed by atoms with van der Waals surface area (Å²) in [4.78, 5) is 10.6. The van der Waals surface area contributed by atoms with Gasteiger partial charge in [-0.3, -0.25) is 10.1 Å². The van der Waals surface area contributed by atoms with Gasteiger partial charge in [0, 0.05) is 6.54 Å². The third-order valence-electron chi connectivity index (χ3n) is 2.05. The van der Waals surface area contributed by atoms with Crippen LogP contribution in [0.5, 0.6) is 5.75 Å². The van der Waals surface area contributed by atoms with Gasteiger partial charge >= 0.3 is 5.69 Å². The molecule has 0 amide bonds. The molecule has 0 heterocycles. The first-order chi connectivity index (χ1) is 7.70. The van der Waals surface area contributed by atoms with E-state index in [4.69, 9.17) is 4.74 Å². The van der Waals surface area contributed by atoms with E-state index >= 15 is 0 Å². The number of ether oxygens (including phenoxy) is 1. The van der Waals surface area contributed by atoms with Crippen molar-refractivity contribution >= 4 is 11.4 Å². The molecule has 16 heavy (non-hydrogen) atoms. The van der Waals surface area contributed by atoms with E-state index in [1.807, 2.05) is 6.92 Å². The first-order valence-corrected chi connectivity index (χ1v) is 5.34. The number of nitrogens with one attached hydrogen (secondary N) is 1. The number of rotatable bonds is 6. The molecule has 0 unspecified atom stereocenters. The molecule has 5 nitrogen and oxygen atoms in total. The molecule has 0 fully saturated rings.